The van der Waals surface area contributed by atoms with Crippen LogP contribution in [0.15, 0.2) is 0 Å². The van der Waals surface area contributed by atoms with Gasteiger partial charge in [0, 0.05) is 0 Å². The van der Waals surface area contributed by atoms with Crippen molar-refractivity contribution in [3.05, 3.63) is 0 Å². The van der Waals surface area contributed by atoms with E-state index in [0.717, 1.165) is 0 Å². The Bertz CT molecular complexity index is 161. The van der Waals surface area contributed by atoms with E-state index < -0.39 is 23.3 Å². The molecule has 66 valence electrons. The largest absolute Gasteiger partial charge is 0.465 e. The molecule has 0 heterocycles. The fourth-order valence-corrected chi connectivity index (χ4v) is 0.865. The summed E-state index contributed by atoms with van der Waals surface area (Å²) in [5.74, 6) is -0.532. The molecule has 0 spiro atoms. The summed E-state index contributed by atoms with van der Waals surface area (Å²) in [5, 5.41) is 0. The van der Waals surface area contributed by atoms with Gasteiger partial charge in [0.25, 0.3) is 0 Å². The Hall–Kier alpha value is -0.460. The zero-order chi connectivity index (χ0) is 8.85. The second-order valence-electron chi connectivity index (χ2n) is 1.84. The van der Waals surface area contributed by atoms with E-state index in [1.165, 1.54) is 6.92 Å². The van der Waals surface area contributed by atoms with Crippen LogP contribution >= 0.6 is 0 Å². The van der Waals surface area contributed by atoms with Gasteiger partial charge in [-0.25, -0.2) is 8.93 Å². The number of rotatable bonds is 4. The fraction of sp³-hybridized carbons (Fsp3) is 0.800. The van der Waals surface area contributed by atoms with Crippen LogP contribution < -0.4 is 4.72 Å². The highest BCUT2D eigenvalue weighted by Crippen LogP contribution is 1.87. The summed E-state index contributed by atoms with van der Waals surface area (Å²) in [6.07, 6.45) is 0. The van der Waals surface area contributed by atoms with Gasteiger partial charge in [0.15, 0.2) is 0 Å². The lowest BCUT2D eigenvalue weighted by atomic mass is 10.4. The lowest BCUT2D eigenvalue weighted by Crippen LogP contribution is -2.36. The molecule has 0 fully saturated rings. The Kier molecular flexibility index (Phi) is 5.01. The summed E-state index contributed by atoms with van der Waals surface area (Å²) in [4.78, 5) is 10.7. The van der Waals surface area contributed by atoms with Crippen molar-refractivity contribution in [2.75, 3.05) is 6.61 Å². The smallest absolute Gasteiger partial charge is 0.323 e. The van der Waals surface area contributed by atoms with Gasteiger partial charge in [0.05, 0.1) is 6.61 Å². The minimum atomic E-state index is -2.17. The third kappa shape index (κ3) is 4.88. The Morgan fingerprint density at radius 3 is 2.73 bits per heavy atom. The first-order valence-corrected chi connectivity index (χ1v) is 4.22. The van der Waals surface area contributed by atoms with E-state index in [0.29, 0.717) is 0 Å². The van der Waals surface area contributed by atoms with E-state index in [9.17, 15) is 9.00 Å². The van der Waals surface area contributed by atoms with Gasteiger partial charge in [0.1, 0.15) is 6.04 Å². The maximum absolute atomic E-state index is 10.7. The molecule has 0 saturated heterocycles. The normalized spacial score (nSPS) is 15.5. The van der Waals surface area contributed by atoms with Crippen molar-refractivity contribution in [2.24, 2.45) is 0 Å². The monoisotopic (exact) mass is 181 g/mol. The van der Waals surface area contributed by atoms with Gasteiger partial charge in [-0.3, -0.25) is 9.35 Å². The van der Waals surface area contributed by atoms with Gasteiger partial charge in [-0.1, -0.05) is 0 Å². The van der Waals surface area contributed by atoms with Crippen LogP contribution in [0.5, 0.6) is 0 Å². The lowest BCUT2D eigenvalue weighted by molar-refractivity contribution is -0.144. The molecule has 0 bridgehead atoms. The van der Waals surface area contributed by atoms with Crippen LogP contribution in [0.4, 0.5) is 0 Å². The Labute approximate surface area is 67.5 Å². The molecule has 0 aliphatic heterocycles. The molecule has 2 unspecified atom stereocenters. The van der Waals surface area contributed by atoms with Gasteiger partial charge < -0.3 is 4.74 Å². The molecule has 5 nitrogen and oxygen atoms in total. The summed E-state index contributed by atoms with van der Waals surface area (Å²) >= 11 is -2.17. The topological polar surface area (TPSA) is 75.6 Å². The molecule has 0 saturated carbocycles. The molecule has 0 rings (SSSR count). The van der Waals surface area contributed by atoms with E-state index in [-0.39, 0.29) is 6.61 Å². The molecule has 0 radical (unpaired) electrons. The SMILES string of the molecule is CCOC(=O)C(C)NS(=O)O. The Morgan fingerprint density at radius 2 is 2.36 bits per heavy atom. The zero-order valence-electron chi connectivity index (χ0n) is 6.36. The molecule has 2 atom stereocenters. The number of hydrogen-bond acceptors (Lipinski definition) is 3. The van der Waals surface area contributed by atoms with E-state index in [1.807, 2.05) is 0 Å². The highest BCUT2D eigenvalue weighted by atomic mass is 32.2. The second kappa shape index (κ2) is 5.22. The average Bonchev–Trinajstić information content (AvgIpc) is 1.86. The van der Waals surface area contributed by atoms with E-state index >= 15 is 0 Å². The standard InChI is InChI=1S/C5H11NO4S/c1-3-10-5(7)4(2)6-11(8)9/h4,6H,3H2,1-2H3,(H,8,9). The average molecular weight is 181 g/mol. The molecule has 6 heteroatoms. The quantitative estimate of drug-likeness (QED) is 0.459. The van der Waals surface area contributed by atoms with Crippen LogP contribution in [-0.4, -0.2) is 27.4 Å². The predicted octanol–water partition coefficient (Wildman–Crippen LogP) is -0.336. The lowest BCUT2D eigenvalue weighted by Gasteiger charge is -2.08. The summed E-state index contributed by atoms with van der Waals surface area (Å²) in [6, 6.07) is -0.749. The summed E-state index contributed by atoms with van der Waals surface area (Å²) < 4.78 is 25.0. The summed E-state index contributed by atoms with van der Waals surface area (Å²) in [6.45, 7) is 3.38. The molecule has 0 aliphatic carbocycles. The molecule has 2 N–H and O–H groups in total. The van der Waals surface area contributed by atoms with E-state index in [2.05, 4.69) is 9.46 Å². The first-order valence-electron chi connectivity index (χ1n) is 3.11. The van der Waals surface area contributed by atoms with Crippen molar-refractivity contribution >= 4 is 17.2 Å². The number of carbonyl (C=O) groups excluding carboxylic acids is 1. The third-order valence-corrected chi connectivity index (χ3v) is 1.47. The van der Waals surface area contributed by atoms with Crippen LogP contribution in [-0.2, 0) is 20.8 Å². The minimum absolute atomic E-state index is 0.267. The molecule has 11 heavy (non-hydrogen) atoms. The molecule has 0 amide bonds. The van der Waals surface area contributed by atoms with Gasteiger partial charge in [-0.05, 0) is 13.8 Å². The molecular weight excluding hydrogens is 170 g/mol. The third-order valence-electron chi connectivity index (χ3n) is 0.918. The van der Waals surface area contributed by atoms with Gasteiger partial charge in [-0.2, -0.15) is 0 Å². The van der Waals surface area contributed by atoms with Crippen molar-refractivity contribution in [2.45, 2.75) is 19.9 Å². The summed E-state index contributed by atoms with van der Waals surface area (Å²) in [7, 11) is 0. The molecule has 0 aromatic rings. The van der Waals surface area contributed by atoms with Crippen molar-refractivity contribution < 1.29 is 18.3 Å². The predicted molar refractivity (Wildman–Crippen MR) is 40.0 cm³/mol. The van der Waals surface area contributed by atoms with Gasteiger partial charge >= 0.3 is 5.97 Å². The van der Waals surface area contributed by atoms with Crippen LogP contribution in [0.25, 0.3) is 0 Å². The van der Waals surface area contributed by atoms with Crippen molar-refractivity contribution in [3.8, 4) is 0 Å². The maximum Gasteiger partial charge on any atom is 0.323 e. The summed E-state index contributed by atoms with van der Waals surface area (Å²) in [5.41, 5.74) is 0. The van der Waals surface area contributed by atoms with Gasteiger partial charge in [0.2, 0.25) is 11.3 Å². The molecular formula is C5H11NO4S. The maximum atomic E-state index is 10.7. The number of ether oxygens (including phenoxy) is 1. The van der Waals surface area contributed by atoms with E-state index in [1.54, 1.807) is 6.92 Å². The van der Waals surface area contributed by atoms with Crippen LogP contribution in [0.3, 0.4) is 0 Å². The Morgan fingerprint density at radius 1 is 1.82 bits per heavy atom. The van der Waals surface area contributed by atoms with Crippen molar-refractivity contribution in [3.63, 3.8) is 0 Å². The Balaban J connectivity index is 3.73. The minimum Gasteiger partial charge on any atom is -0.465 e. The van der Waals surface area contributed by atoms with Crippen LogP contribution in [0.2, 0.25) is 0 Å². The molecule has 0 aromatic carbocycles. The van der Waals surface area contributed by atoms with Crippen molar-refractivity contribution in [1.82, 2.24) is 4.72 Å². The second-order valence-corrected chi connectivity index (χ2v) is 2.57. The first kappa shape index (κ1) is 10.5. The fourth-order valence-electron chi connectivity index (χ4n) is 0.467. The van der Waals surface area contributed by atoms with Crippen LogP contribution in [0.1, 0.15) is 13.8 Å². The van der Waals surface area contributed by atoms with Gasteiger partial charge in [-0.15, -0.1) is 0 Å². The number of hydrogen-bond donors (Lipinski definition) is 2. The zero-order valence-corrected chi connectivity index (χ0v) is 7.18. The van der Waals surface area contributed by atoms with Crippen LogP contribution in [0, 0.1) is 0 Å². The highest BCUT2D eigenvalue weighted by molar-refractivity contribution is 7.77. The van der Waals surface area contributed by atoms with E-state index in [4.69, 9.17) is 4.55 Å². The highest BCUT2D eigenvalue weighted by Gasteiger charge is 2.14. The first-order chi connectivity index (χ1) is 5.07. The number of carbonyl (C=O) groups is 1. The number of esters is 1. The molecule has 0 aliphatic rings. The van der Waals surface area contributed by atoms with Crippen molar-refractivity contribution in [1.29, 1.82) is 0 Å². The number of nitrogens with one attached hydrogen (secondary N) is 1. The molecule has 0 aromatic heterocycles.